The summed E-state index contributed by atoms with van der Waals surface area (Å²) >= 11 is 2.15. The van der Waals surface area contributed by atoms with Gasteiger partial charge < -0.3 is 0 Å². The lowest BCUT2D eigenvalue weighted by Crippen LogP contribution is -2.04. The zero-order valence-corrected chi connectivity index (χ0v) is 9.77. The molecule has 0 N–H and O–H groups in total. The molecule has 0 spiro atoms. The van der Waals surface area contributed by atoms with Crippen molar-refractivity contribution in [3.8, 4) is 0 Å². The Bertz CT molecular complexity index is 266. The van der Waals surface area contributed by atoms with Crippen molar-refractivity contribution >= 4 is 22.6 Å². The molecule has 0 radical (unpaired) electrons. The summed E-state index contributed by atoms with van der Waals surface area (Å²) in [5.41, 5.74) is 0. The first-order valence-electron chi connectivity index (χ1n) is 4.89. The zero-order chi connectivity index (χ0) is 9.10. The SMILES string of the molecule is Ic1ncn(CCC2CCCC2)n1. The maximum atomic E-state index is 4.26. The molecule has 0 atom stereocenters. The minimum Gasteiger partial charge on any atom is -0.252 e. The normalized spacial score (nSPS) is 18.2. The van der Waals surface area contributed by atoms with Gasteiger partial charge in [0.05, 0.1) is 0 Å². The molecule has 0 saturated heterocycles. The number of hydrogen-bond donors (Lipinski definition) is 0. The number of halogens is 1. The van der Waals surface area contributed by atoms with E-state index in [9.17, 15) is 0 Å². The van der Waals surface area contributed by atoms with Crippen LogP contribution in [-0.4, -0.2) is 14.8 Å². The van der Waals surface area contributed by atoms with E-state index in [0.29, 0.717) is 0 Å². The van der Waals surface area contributed by atoms with E-state index in [1.165, 1.54) is 32.1 Å². The second-order valence-electron chi connectivity index (χ2n) is 3.72. The van der Waals surface area contributed by atoms with Crippen LogP contribution in [0.3, 0.4) is 0 Å². The van der Waals surface area contributed by atoms with Gasteiger partial charge in [-0.05, 0) is 12.3 Å². The number of aromatic nitrogens is 3. The highest BCUT2D eigenvalue weighted by atomic mass is 127. The molecule has 0 amide bonds. The van der Waals surface area contributed by atoms with Crippen LogP contribution in [-0.2, 0) is 6.54 Å². The highest BCUT2D eigenvalue weighted by molar-refractivity contribution is 14.1. The van der Waals surface area contributed by atoms with Crippen LogP contribution in [0.2, 0.25) is 0 Å². The Balaban J connectivity index is 1.78. The van der Waals surface area contributed by atoms with Crippen LogP contribution in [0.4, 0.5) is 0 Å². The monoisotopic (exact) mass is 291 g/mol. The molecule has 0 aromatic carbocycles. The number of nitrogens with zero attached hydrogens (tertiary/aromatic N) is 3. The number of rotatable bonds is 3. The van der Waals surface area contributed by atoms with Crippen LogP contribution in [0.15, 0.2) is 6.33 Å². The highest BCUT2D eigenvalue weighted by Crippen LogP contribution is 2.27. The van der Waals surface area contributed by atoms with E-state index >= 15 is 0 Å². The van der Waals surface area contributed by atoms with Crippen molar-refractivity contribution < 1.29 is 0 Å². The lowest BCUT2D eigenvalue weighted by Gasteiger charge is -2.07. The van der Waals surface area contributed by atoms with Gasteiger partial charge in [0.15, 0.2) is 0 Å². The highest BCUT2D eigenvalue weighted by Gasteiger charge is 2.14. The molecule has 72 valence electrons. The largest absolute Gasteiger partial charge is 0.252 e. The molecule has 1 heterocycles. The fraction of sp³-hybridized carbons (Fsp3) is 0.778. The third-order valence-corrected chi connectivity index (χ3v) is 3.24. The van der Waals surface area contributed by atoms with Gasteiger partial charge in [-0.3, -0.25) is 4.68 Å². The van der Waals surface area contributed by atoms with Crippen molar-refractivity contribution in [3.63, 3.8) is 0 Å². The minimum atomic E-state index is 0.851. The van der Waals surface area contributed by atoms with Gasteiger partial charge in [-0.15, -0.1) is 5.10 Å². The van der Waals surface area contributed by atoms with Crippen molar-refractivity contribution in [3.05, 3.63) is 10.2 Å². The smallest absolute Gasteiger partial charge is 0.211 e. The Kier molecular flexibility index (Phi) is 3.18. The lowest BCUT2D eigenvalue weighted by atomic mass is 10.0. The van der Waals surface area contributed by atoms with Crippen LogP contribution in [0.25, 0.3) is 0 Å². The van der Waals surface area contributed by atoms with E-state index in [1.54, 1.807) is 0 Å². The van der Waals surface area contributed by atoms with Crippen molar-refractivity contribution in [1.82, 2.24) is 14.8 Å². The molecule has 1 aromatic heterocycles. The Morgan fingerprint density at radius 1 is 1.46 bits per heavy atom. The summed E-state index contributed by atoms with van der Waals surface area (Å²) in [4.78, 5) is 4.10. The molecule has 1 aromatic rings. The maximum Gasteiger partial charge on any atom is 0.211 e. The summed E-state index contributed by atoms with van der Waals surface area (Å²) in [5.74, 6) is 0.946. The Morgan fingerprint density at radius 3 is 2.85 bits per heavy atom. The van der Waals surface area contributed by atoms with E-state index in [-0.39, 0.29) is 0 Å². The minimum absolute atomic E-state index is 0.851. The van der Waals surface area contributed by atoms with Gasteiger partial charge >= 0.3 is 0 Å². The first-order chi connectivity index (χ1) is 6.34. The molecule has 3 nitrogen and oxygen atoms in total. The molecule has 0 bridgehead atoms. The molecule has 1 fully saturated rings. The molecule has 0 aliphatic heterocycles. The summed E-state index contributed by atoms with van der Waals surface area (Å²) in [6.45, 7) is 1.04. The Hall–Kier alpha value is -0.130. The lowest BCUT2D eigenvalue weighted by molar-refractivity contribution is 0.438. The average Bonchev–Trinajstić information content (AvgIpc) is 2.71. The zero-order valence-electron chi connectivity index (χ0n) is 7.62. The van der Waals surface area contributed by atoms with Gasteiger partial charge in [0.2, 0.25) is 3.83 Å². The Labute approximate surface area is 92.1 Å². The summed E-state index contributed by atoms with van der Waals surface area (Å²) in [7, 11) is 0. The molecule has 1 aliphatic rings. The van der Waals surface area contributed by atoms with Crippen molar-refractivity contribution in [2.45, 2.75) is 38.6 Å². The van der Waals surface area contributed by atoms with E-state index in [0.717, 1.165) is 16.3 Å². The summed E-state index contributed by atoms with van der Waals surface area (Å²) < 4.78 is 2.81. The molecular weight excluding hydrogens is 277 g/mol. The van der Waals surface area contributed by atoms with E-state index in [4.69, 9.17) is 0 Å². The fourth-order valence-corrected chi connectivity index (χ4v) is 2.40. The molecule has 1 saturated carbocycles. The van der Waals surface area contributed by atoms with E-state index in [1.807, 2.05) is 11.0 Å². The predicted octanol–water partition coefficient (Wildman–Crippen LogP) is 2.46. The molecule has 13 heavy (non-hydrogen) atoms. The van der Waals surface area contributed by atoms with Gasteiger partial charge in [-0.25, -0.2) is 4.98 Å². The van der Waals surface area contributed by atoms with Crippen LogP contribution in [0, 0.1) is 9.75 Å². The summed E-state index contributed by atoms with van der Waals surface area (Å²) in [5, 5.41) is 4.26. The van der Waals surface area contributed by atoms with E-state index < -0.39 is 0 Å². The fourth-order valence-electron chi connectivity index (χ4n) is 1.99. The first-order valence-corrected chi connectivity index (χ1v) is 5.97. The summed E-state index contributed by atoms with van der Waals surface area (Å²) in [6, 6.07) is 0. The number of aryl methyl sites for hydroxylation is 1. The molecule has 1 aliphatic carbocycles. The second-order valence-corrected chi connectivity index (χ2v) is 4.68. The molecule has 0 unspecified atom stereocenters. The predicted molar refractivity (Wildman–Crippen MR) is 59.3 cm³/mol. The summed E-state index contributed by atoms with van der Waals surface area (Å²) in [6.07, 6.45) is 8.81. The van der Waals surface area contributed by atoms with Gasteiger partial charge in [-0.1, -0.05) is 25.7 Å². The van der Waals surface area contributed by atoms with Crippen LogP contribution >= 0.6 is 22.6 Å². The molecular formula is C9H14IN3. The second kappa shape index (κ2) is 4.39. The number of hydrogen-bond acceptors (Lipinski definition) is 2. The van der Waals surface area contributed by atoms with Gasteiger partial charge in [-0.2, -0.15) is 0 Å². The molecule has 2 rings (SSSR count). The first kappa shape index (κ1) is 9.43. The average molecular weight is 291 g/mol. The van der Waals surface area contributed by atoms with Gasteiger partial charge in [0.25, 0.3) is 0 Å². The topological polar surface area (TPSA) is 30.7 Å². The van der Waals surface area contributed by atoms with Crippen LogP contribution in [0.5, 0.6) is 0 Å². The van der Waals surface area contributed by atoms with E-state index in [2.05, 4.69) is 32.7 Å². The standard InChI is InChI=1S/C9H14IN3/c10-9-11-7-13(12-9)6-5-8-3-1-2-4-8/h7-8H,1-6H2. The van der Waals surface area contributed by atoms with Crippen molar-refractivity contribution in [2.75, 3.05) is 0 Å². The maximum absolute atomic E-state index is 4.26. The quantitative estimate of drug-likeness (QED) is 0.801. The Morgan fingerprint density at radius 2 is 2.23 bits per heavy atom. The third-order valence-electron chi connectivity index (χ3n) is 2.75. The van der Waals surface area contributed by atoms with Crippen molar-refractivity contribution in [2.24, 2.45) is 5.92 Å². The van der Waals surface area contributed by atoms with Gasteiger partial charge in [0.1, 0.15) is 6.33 Å². The van der Waals surface area contributed by atoms with Gasteiger partial charge in [0, 0.05) is 29.1 Å². The molecule has 4 heteroatoms. The van der Waals surface area contributed by atoms with Crippen LogP contribution in [0.1, 0.15) is 32.1 Å². The third kappa shape index (κ3) is 2.65. The van der Waals surface area contributed by atoms with Crippen LogP contribution < -0.4 is 0 Å². The van der Waals surface area contributed by atoms with Crippen molar-refractivity contribution in [1.29, 1.82) is 0 Å².